The van der Waals surface area contributed by atoms with Crippen molar-refractivity contribution < 1.29 is 9.13 Å². The van der Waals surface area contributed by atoms with Crippen molar-refractivity contribution in [2.75, 3.05) is 6.61 Å². The van der Waals surface area contributed by atoms with E-state index in [1.54, 1.807) is 6.07 Å². The van der Waals surface area contributed by atoms with Gasteiger partial charge in [0.15, 0.2) is 5.82 Å². The summed E-state index contributed by atoms with van der Waals surface area (Å²) < 4.78 is 19.5. The number of nitrogens with zero attached hydrogens (tertiary/aromatic N) is 1. The van der Waals surface area contributed by atoms with E-state index in [2.05, 4.69) is 9.97 Å². The summed E-state index contributed by atoms with van der Waals surface area (Å²) in [4.78, 5) is 6.82. The summed E-state index contributed by atoms with van der Waals surface area (Å²) >= 11 is 0. The molecule has 0 radical (unpaired) electrons. The summed E-state index contributed by atoms with van der Waals surface area (Å²) in [5, 5.41) is 0. The van der Waals surface area contributed by atoms with Gasteiger partial charge in [0.2, 0.25) is 0 Å². The predicted octanol–water partition coefficient (Wildman–Crippen LogP) is 2.55. The van der Waals surface area contributed by atoms with Crippen LogP contribution in [0.3, 0.4) is 0 Å². The Balaban J connectivity index is 2.13. The third kappa shape index (κ3) is 1.33. The van der Waals surface area contributed by atoms with E-state index >= 15 is 0 Å². The molecule has 3 rings (SSSR count). The van der Waals surface area contributed by atoms with Crippen LogP contribution < -0.4 is 0 Å². The number of ether oxygens (including phenoxy) is 1. The molecular weight excluding hydrogens is 195 g/mol. The van der Waals surface area contributed by atoms with Crippen LogP contribution in [0, 0.1) is 5.82 Å². The molecule has 15 heavy (non-hydrogen) atoms. The zero-order chi connectivity index (χ0) is 10.3. The van der Waals surface area contributed by atoms with Crippen molar-refractivity contribution >= 4 is 11.0 Å². The fourth-order valence-electron chi connectivity index (χ4n) is 2.06. The molecule has 1 atom stereocenters. The van der Waals surface area contributed by atoms with Gasteiger partial charge < -0.3 is 9.72 Å². The molecule has 0 aliphatic carbocycles. The fourth-order valence-corrected chi connectivity index (χ4v) is 2.06. The van der Waals surface area contributed by atoms with Gasteiger partial charge in [-0.15, -0.1) is 0 Å². The summed E-state index contributed by atoms with van der Waals surface area (Å²) in [7, 11) is 0. The molecule has 0 bridgehead atoms. The highest BCUT2D eigenvalue weighted by Gasteiger charge is 2.22. The summed E-state index contributed by atoms with van der Waals surface area (Å²) in [6, 6.07) is 3.60. The Morgan fingerprint density at radius 3 is 3.20 bits per heavy atom. The molecule has 0 saturated carbocycles. The predicted molar refractivity (Wildman–Crippen MR) is 54.0 cm³/mol. The number of hydrogen-bond donors (Lipinski definition) is 1. The van der Waals surface area contributed by atoms with Crippen molar-refractivity contribution in [3.05, 3.63) is 29.8 Å². The summed E-state index contributed by atoms with van der Waals surface area (Å²) in [5.74, 6) is -0.225. The average Bonchev–Trinajstić information content (AvgIpc) is 2.87. The van der Waals surface area contributed by atoms with Gasteiger partial charge in [-0.25, -0.2) is 9.37 Å². The van der Waals surface area contributed by atoms with Gasteiger partial charge in [0.25, 0.3) is 0 Å². The minimum Gasteiger partial charge on any atom is -0.373 e. The maximum absolute atomic E-state index is 14.0. The monoisotopic (exact) mass is 206 g/mol. The second kappa shape index (κ2) is 3.31. The number of imidazole rings is 1. The zero-order valence-corrected chi connectivity index (χ0v) is 8.16. The van der Waals surface area contributed by atoms with Crippen molar-refractivity contribution in [1.82, 2.24) is 9.97 Å². The molecule has 0 spiro atoms. The van der Waals surface area contributed by atoms with Crippen LogP contribution in [0.1, 0.15) is 24.5 Å². The van der Waals surface area contributed by atoms with Gasteiger partial charge in [0.05, 0.1) is 17.9 Å². The quantitative estimate of drug-likeness (QED) is 0.778. The molecule has 1 saturated heterocycles. The molecular formula is C11H11FN2O. The number of H-pyrrole nitrogens is 1. The van der Waals surface area contributed by atoms with Gasteiger partial charge in [0, 0.05) is 12.2 Å². The number of hydrogen-bond acceptors (Lipinski definition) is 2. The van der Waals surface area contributed by atoms with Gasteiger partial charge in [-0.1, -0.05) is 6.07 Å². The largest absolute Gasteiger partial charge is 0.373 e. The van der Waals surface area contributed by atoms with Gasteiger partial charge in [-0.3, -0.25) is 0 Å². The first-order valence-corrected chi connectivity index (χ1v) is 5.09. The highest BCUT2D eigenvalue weighted by Crippen LogP contribution is 2.32. The first-order valence-electron chi connectivity index (χ1n) is 5.09. The van der Waals surface area contributed by atoms with E-state index in [9.17, 15) is 4.39 Å². The average molecular weight is 206 g/mol. The SMILES string of the molecule is Fc1c(C2CCCO2)ccc2nc[nH]c12. The lowest BCUT2D eigenvalue weighted by Gasteiger charge is -2.10. The third-order valence-electron chi connectivity index (χ3n) is 2.84. The third-order valence-corrected chi connectivity index (χ3v) is 2.84. The Hall–Kier alpha value is -1.42. The molecule has 1 N–H and O–H groups in total. The van der Waals surface area contributed by atoms with E-state index < -0.39 is 0 Å². The smallest absolute Gasteiger partial charge is 0.154 e. The minimum atomic E-state index is -0.225. The zero-order valence-electron chi connectivity index (χ0n) is 8.16. The van der Waals surface area contributed by atoms with E-state index in [0.717, 1.165) is 19.4 Å². The lowest BCUT2D eigenvalue weighted by atomic mass is 10.1. The summed E-state index contributed by atoms with van der Waals surface area (Å²) in [6.45, 7) is 0.727. The van der Waals surface area contributed by atoms with Crippen LogP contribution in [0.15, 0.2) is 18.5 Å². The van der Waals surface area contributed by atoms with E-state index in [1.807, 2.05) is 6.07 Å². The molecule has 1 aromatic carbocycles. The Labute approximate surface area is 86.3 Å². The van der Waals surface area contributed by atoms with E-state index in [0.29, 0.717) is 16.6 Å². The van der Waals surface area contributed by atoms with Gasteiger partial charge >= 0.3 is 0 Å². The number of nitrogens with one attached hydrogen (secondary N) is 1. The fraction of sp³-hybridized carbons (Fsp3) is 0.364. The number of aromatic amines is 1. The number of aromatic nitrogens is 2. The lowest BCUT2D eigenvalue weighted by Crippen LogP contribution is -1.99. The van der Waals surface area contributed by atoms with Gasteiger partial charge in [0.1, 0.15) is 5.52 Å². The Morgan fingerprint density at radius 2 is 2.40 bits per heavy atom. The van der Waals surface area contributed by atoms with Crippen LogP contribution >= 0.6 is 0 Å². The van der Waals surface area contributed by atoms with E-state index in [1.165, 1.54) is 6.33 Å². The highest BCUT2D eigenvalue weighted by atomic mass is 19.1. The number of halogens is 1. The minimum absolute atomic E-state index is 0.0855. The van der Waals surface area contributed by atoms with Crippen molar-refractivity contribution in [2.24, 2.45) is 0 Å². The standard InChI is InChI=1S/C11H11FN2O/c12-10-7(9-2-1-5-15-9)3-4-8-11(10)14-6-13-8/h3-4,6,9H,1-2,5H2,(H,13,14). The molecule has 2 aromatic rings. The van der Waals surface area contributed by atoms with E-state index in [4.69, 9.17) is 4.74 Å². The molecule has 1 aromatic heterocycles. The van der Waals surface area contributed by atoms with Crippen LogP contribution in [0.25, 0.3) is 11.0 Å². The Bertz CT molecular complexity index is 488. The van der Waals surface area contributed by atoms with Crippen molar-refractivity contribution in [3.8, 4) is 0 Å². The van der Waals surface area contributed by atoms with Gasteiger partial charge in [-0.2, -0.15) is 0 Å². The normalized spacial score (nSPS) is 21.3. The molecule has 1 fully saturated rings. The van der Waals surface area contributed by atoms with Crippen LogP contribution in [-0.2, 0) is 4.74 Å². The Morgan fingerprint density at radius 1 is 1.47 bits per heavy atom. The van der Waals surface area contributed by atoms with E-state index in [-0.39, 0.29) is 11.9 Å². The lowest BCUT2D eigenvalue weighted by molar-refractivity contribution is 0.109. The number of fused-ring (bicyclic) bond motifs is 1. The van der Waals surface area contributed by atoms with Crippen LogP contribution in [0.4, 0.5) is 4.39 Å². The van der Waals surface area contributed by atoms with Crippen LogP contribution in [0.5, 0.6) is 0 Å². The molecule has 2 heterocycles. The van der Waals surface area contributed by atoms with Crippen molar-refractivity contribution in [2.45, 2.75) is 18.9 Å². The first kappa shape index (κ1) is 8.85. The maximum atomic E-state index is 14.0. The second-order valence-corrected chi connectivity index (χ2v) is 3.77. The number of benzene rings is 1. The van der Waals surface area contributed by atoms with Crippen LogP contribution in [0.2, 0.25) is 0 Å². The number of rotatable bonds is 1. The second-order valence-electron chi connectivity index (χ2n) is 3.77. The van der Waals surface area contributed by atoms with Crippen molar-refractivity contribution in [3.63, 3.8) is 0 Å². The molecule has 4 heteroatoms. The molecule has 3 nitrogen and oxygen atoms in total. The topological polar surface area (TPSA) is 37.9 Å². The molecule has 0 amide bonds. The van der Waals surface area contributed by atoms with Crippen LogP contribution in [-0.4, -0.2) is 16.6 Å². The molecule has 1 aliphatic heterocycles. The molecule has 1 unspecified atom stereocenters. The molecule has 1 aliphatic rings. The summed E-state index contributed by atoms with van der Waals surface area (Å²) in [5.41, 5.74) is 1.78. The Kier molecular flexibility index (Phi) is 1.95. The molecule has 78 valence electrons. The summed E-state index contributed by atoms with van der Waals surface area (Å²) in [6.07, 6.45) is 3.33. The highest BCUT2D eigenvalue weighted by molar-refractivity contribution is 5.76. The maximum Gasteiger partial charge on any atom is 0.154 e. The first-order chi connectivity index (χ1) is 7.36. The van der Waals surface area contributed by atoms with Gasteiger partial charge in [-0.05, 0) is 18.9 Å². The van der Waals surface area contributed by atoms with Crippen molar-refractivity contribution in [1.29, 1.82) is 0 Å².